The second kappa shape index (κ2) is 12.1. The summed E-state index contributed by atoms with van der Waals surface area (Å²) in [7, 11) is 3.08. The summed E-state index contributed by atoms with van der Waals surface area (Å²) in [6.45, 7) is 5.16. The molecule has 0 unspecified atom stereocenters. The SMILES string of the molecule is COc1cc(OC)cc(C(=O)Nc2cc(-c3cccnc3)nc(NCCCN3CCOCC3)n2)c1. The number of nitrogens with one attached hydrogen (secondary N) is 2. The van der Waals surface area contributed by atoms with Crippen molar-refractivity contribution < 1.29 is 19.0 Å². The van der Waals surface area contributed by atoms with Gasteiger partial charge < -0.3 is 24.8 Å². The fourth-order valence-corrected chi connectivity index (χ4v) is 3.71. The van der Waals surface area contributed by atoms with E-state index in [0.717, 1.165) is 44.8 Å². The van der Waals surface area contributed by atoms with Crippen molar-refractivity contribution in [2.24, 2.45) is 0 Å². The summed E-state index contributed by atoms with van der Waals surface area (Å²) < 4.78 is 16.0. The van der Waals surface area contributed by atoms with E-state index in [-0.39, 0.29) is 5.91 Å². The Hall–Kier alpha value is -3.76. The van der Waals surface area contributed by atoms with Crippen molar-refractivity contribution in [3.05, 3.63) is 54.4 Å². The second-order valence-electron chi connectivity index (χ2n) is 7.99. The summed E-state index contributed by atoms with van der Waals surface area (Å²) in [6.07, 6.45) is 4.36. The van der Waals surface area contributed by atoms with Gasteiger partial charge in [0, 0.05) is 55.3 Å². The number of nitrogens with zero attached hydrogens (tertiary/aromatic N) is 4. The molecule has 10 nitrogen and oxygen atoms in total. The Morgan fingerprint density at radius 2 is 1.86 bits per heavy atom. The molecule has 1 amide bonds. The molecule has 1 aliphatic heterocycles. The Morgan fingerprint density at radius 3 is 2.54 bits per heavy atom. The van der Waals surface area contributed by atoms with Gasteiger partial charge in [-0.1, -0.05) is 0 Å². The van der Waals surface area contributed by atoms with Gasteiger partial charge in [-0.2, -0.15) is 4.98 Å². The average molecular weight is 479 g/mol. The van der Waals surface area contributed by atoms with Crippen molar-refractivity contribution >= 4 is 17.7 Å². The van der Waals surface area contributed by atoms with E-state index in [4.69, 9.17) is 14.2 Å². The summed E-state index contributed by atoms with van der Waals surface area (Å²) in [5.41, 5.74) is 1.87. The molecule has 1 aliphatic rings. The number of benzene rings is 1. The Balaban J connectivity index is 1.50. The van der Waals surface area contributed by atoms with Crippen molar-refractivity contribution in [3.8, 4) is 22.8 Å². The van der Waals surface area contributed by atoms with E-state index in [1.807, 2.05) is 12.1 Å². The number of carbonyl (C=O) groups excluding carboxylic acids is 1. The molecule has 1 fully saturated rings. The lowest BCUT2D eigenvalue weighted by Crippen LogP contribution is -2.37. The summed E-state index contributed by atoms with van der Waals surface area (Å²) in [6, 6.07) is 10.5. The van der Waals surface area contributed by atoms with Crippen LogP contribution in [0.25, 0.3) is 11.3 Å². The predicted octanol–water partition coefficient (Wildman–Crippen LogP) is 2.94. The molecular formula is C25H30N6O4. The molecule has 1 saturated heterocycles. The highest BCUT2D eigenvalue weighted by atomic mass is 16.5. The molecule has 184 valence electrons. The van der Waals surface area contributed by atoms with Gasteiger partial charge in [0.2, 0.25) is 5.95 Å². The van der Waals surface area contributed by atoms with E-state index >= 15 is 0 Å². The summed E-state index contributed by atoms with van der Waals surface area (Å²) in [4.78, 5) is 28.7. The van der Waals surface area contributed by atoms with Gasteiger partial charge in [-0.15, -0.1) is 0 Å². The zero-order chi connectivity index (χ0) is 24.5. The second-order valence-corrected chi connectivity index (χ2v) is 7.99. The fraction of sp³-hybridized carbons (Fsp3) is 0.360. The molecule has 1 aromatic carbocycles. The Kier molecular flexibility index (Phi) is 8.42. The first kappa shape index (κ1) is 24.4. The molecule has 4 rings (SSSR count). The monoisotopic (exact) mass is 478 g/mol. The summed E-state index contributed by atoms with van der Waals surface area (Å²) in [5.74, 6) is 1.52. The zero-order valence-electron chi connectivity index (χ0n) is 20.0. The summed E-state index contributed by atoms with van der Waals surface area (Å²) >= 11 is 0. The van der Waals surface area contributed by atoms with E-state index in [0.29, 0.717) is 41.1 Å². The first-order valence-corrected chi connectivity index (χ1v) is 11.5. The van der Waals surface area contributed by atoms with Crippen molar-refractivity contribution in [2.45, 2.75) is 6.42 Å². The van der Waals surface area contributed by atoms with E-state index in [9.17, 15) is 4.79 Å². The first-order chi connectivity index (χ1) is 17.1. The van der Waals surface area contributed by atoms with E-state index in [1.54, 1.807) is 36.7 Å². The van der Waals surface area contributed by atoms with Gasteiger partial charge >= 0.3 is 0 Å². The highest BCUT2D eigenvalue weighted by Gasteiger charge is 2.14. The zero-order valence-corrected chi connectivity index (χ0v) is 20.0. The number of pyridine rings is 1. The lowest BCUT2D eigenvalue weighted by atomic mass is 10.1. The van der Waals surface area contributed by atoms with Crippen molar-refractivity contribution in [2.75, 3.05) is 64.2 Å². The molecule has 35 heavy (non-hydrogen) atoms. The van der Waals surface area contributed by atoms with Gasteiger partial charge in [0.15, 0.2) is 0 Å². The topological polar surface area (TPSA) is 111 Å². The van der Waals surface area contributed by atoms with Crippen LogP contribution in [0.2, 0.25) is 0 Å². The number of rotatable bonds is 10. The van der Waals surface area contributed by atoms with Crippen LogP contribution in [0, 0.1) is 0 Å². The molecule has 0 bridgehead atoms. The maximum atomic E-state index is 13.0. The fourth-order valence-electron chi connectivity index (χ4n) is 3.71. The Morgan fingerprint density at radius 1 is 1.09 bits per heavy atom. The largest absolute Gasteiger partial charge is 0.497 e. The highest BCUT2D eigenvalue weighted by molar-refractivity contribution is 6.04. The third-order valence-corrected chi connectivity index (χ3v) is 5.58. The number of morpholine rings is 1. The molecular weight excluding hydrogens is 448 g/mol. The van der Waals surface area contributed by atoms with Gasteiger partial charge in [-0.25, -0.2) is 4.98 Å². The minimum absolute atomic E-state index is 0.337. The van der Waals surface area contributed by atoms with Gasteiger partial charge in [-0.05, 0) is 37.2 Å². The molecule has 3 heterocycles. The smallest absolute Gasteiger partial charge is 0.257 e. The molecule has 3 aromatic rings. The molecule has 10 heteroatoms. The van der Waals surface area contributed by atoms with Gasteiger partial charge in [0.25, 0.3) is 5.91 Å². The quantitative estimate of drug-likeness (QED) is 0.425. The molecule has 0 atom stereocenters. The van der Waals surface area contributed by atoms with Gasteiger partial charge in [0.05, 0.1) is 33.1 Å². The maximum Gasteiger partial charge on any atom is 0.257 e. The Bertz CT molecular complexity index is 1100. The van der Waals surface area contributed by atoms with E-state index < -0.39 is 0 Å². The van der Waals surface area contributed by atoms with Crippen LogP contribution in [0.4, 0.5) is 11.8 Å². The van der Waals surface area contributed by atoms with E-state index in [1.165, 1.54) is 14.2 Å². The number of amides is 1. The van der Waals surface area contributed by atoms with Crippen molar-refractivity contribution in [1.29, 1.82) is 0 Å². The average Bonchev–Trinajstić information content (AvgIpc) is 2.91. The van der Waals surface area contributed by atoms with Crippen LogP contribution in [-0.4, -0.2) is 79.4 Å². The highest BCUT2D eigenvalue weighted by Crippen LogP contribution is 2.24. The van der Waals surface area contributed by atoms with Crippen LogP contribution >= 0.6 is 0 Å². The first-order valence-electron chi connectivity index (χ1n) is 11.5. The van der Waals surface area contributed by atoms with Crippen molar-refractivity contribution in [3.63, 3.8) is 0 Å². The number of ether oxygens (including phenoxy) is 3. The third kappa shape index (κ3) is 6.87. The van der Waals surface area contributed by atoms with Gasteiger partial charge in [-0.3, -0.25) is 14.7 Å². The van der Waals surface area contributed by atoms with Crippen LogP contribution in [0.3, 0.4) is 0 Å². The third-order valence-electron chi connectivity index (χ3n) is 5.58. The standard InChI is InChI=1S/C25H30N6O4/c1-33-20-13-19(14-21(15-20)34-2)24(32)29-23-16-22(18-5-3-6-26-17-18)28-25(30-23)27-7-4-8-31-9-11-35-12-10-31/h3,5-6,13-17H,4,7-12H2,1-2H3,(H2,27,28,29,30,32). The van der Waals surface area contributed by atoms with Crippen LogP contribution in [0.1, 0.15) is 16.8 Å². The Labute approximate surface area is 204 Å². The van der Waals surface area contributed by atoms with Gasteiger partial charge in [0.1, 0.15) is 17.3 Å². The molecule has 2 N–H and O–H groups in total. The minimum atomic E-state index is -0.337. The van der Waals surface area contributed by atoms with Crippen LogP contribution < -0.4 is 20.1 Å². The molecule has 2 aromatic heterocycles. The van der Waals surface area contributed by atoms with Crippen molar-refractivity contribution in [1.82, 2.24) is 19.9 Å². The number of methoxy groups -OCH3 is 2. The lowest BCUT2D eigenvalue weighted by molar-refractivity contribution is 0.0378. The minimum Gasteiger partial charge on any atom is -0.497 e. The number of hydrogen-bond acceptors (Lipinski definition) is 9. The summed E-state index contributed by atoms with van der Waals surface area (Å²) in [5, 5.41) is 6.16. The van der Waals surface area contributed by atoms with Crippen LogP contribution in [-0.2, 0) is 4.74 Å². The number of hydrogen-bond donors (Lipinski definition) is 2. The number of carbonyl (C=O) groups is 1. The number of aromatic nitrogens is 3. The normalized spacial score (nSPS) is 13.8. The molecule has 0 spiro atoms. The molecule has 0 radical (unpaired) electrons. The van der Waals surface area contributed by atoms with Crippen LogP contribution in [0.5, 0.6) is 11.5 Å². The predicted molar refractivity (Wildman–Crippen MR) is 133 cm³/mol. The van der Waals surface area contributed by atoms with E-state index in [2.05, 4.69) is 30.5 Å². The molecule has 0 saturated carbocycles. The molecule has 0 aliphatic carbocycles. The lowest BCUT2D eigenvalue weighted by Gasteiger charge is -2.26. The number of anilines is 2. The van der Waals surface area contributed by atoms with Crippen LogP contribution in [0.15, 0.2) is 48.8 Å². The maximum absolute atomic E-state index is 13.0.